The molecule has 0 bridgehead atoms. The van der Waals surface area contributed by atoms with E-state index in [2.05, 4.69) is 15.3 Å². The minimum atomic E-state index is -0.599. The molecule has 1 aromatic heterocycles. The van der Waals surface area contributed by atoms with Crippen molar-refractivity contribution in [1.29, 1.82) is 0 Å². The SMILES string of the molecule is CC(=O)NC1CCC(SCc2nc3cc(OCC4CC4)cc(F)c3c(=O)[nH]2)CC1. The second-order valence-corrected chi connectivity index (χ2v) is 9.34. The van der Waals surface area contributed by atoms with E-state index in [9.17, 15) is 14.0 Å². The Balaban J connectivity index is 1.41. The lowest BCUT2D eigenvalue weighted by atomic mass is 9.95. The van der Waals surface area contributed by atoms with Crippen molar-refractivity contribution >= 4 is 28.6 Å². The van der Waals surface area contributed by atoms with E-state index in [1.54, 1.807) is 24.8 Å². The number of carbonyl (C=O) groups is 1. The van der Waals surface area contributed by atoms with Gasteiger partial charge in [-0.15, -0.1) is 0 Å². The molecular formula is C21H26FN3O3S. The maximum absolute atomic E-state index is 14.4. The zero-order chi connectivity index (χ0) is 20.4. The maximum Gasteiger partial charge on any atom is 0.261 e. The Hall–Kier alpha value is -2.09. The molecule has 2 saturated carbocycles. The minimum absolute atomic E-state index is 0.0201. The Bertz CT molecular complexity index is 952. The number of carbonyl (C=O) groups excluding carboxylic acids is 1. The van der Waals surface area contributed by atoms with Gasteiger partial charge in [0.1, 0.15) is 22.8 Å². The quantitative estimate of drug-likeness (QED) is 0.717. The molecule has 1 heterocycles. The van der Waals surface area contributed by atoms with Crippen LogP contribution in [0.2, 0.25) is 0 Å². The van der Waals surface area contributed by atoms with Gasteiger partial charge in [-0.2, -0.15) is 11.8 Å². The molecule has 1 aromatic carbocycles. The van der Waals surface area contributed by atoms with Gasteiger partial charge in [-0.05, 0) is 44.4 Å². The third-order valence-corrected chi connectivity index (χ3v) is 6.89. The number of halogens is 1. The average molecular weight is 420 g/mol. The number of nitrogens with one attached hydrogen (secondary N) is 2. The van der Waals surface area contributed by atoms with Gasteiger partial charge in [-0.1, -0.05) is 0 Å². The van der Waals surface area contributed by atoms with E-state index in [0.717, 1.165) is 38.5 Å². The van der Waals surface area contributed by atoms with Crippen LogP contribution < -0.4 is 15.6 Å². The number of benzene rings is 1. The van der Waals surface area contributed by atoms with Gasteiger partial charge in [-0.25, -0.2) is 9.37 Å². The normalized spacial score (nSPS) is 21.9. The van der Waals surface area contributed by atoms with Crippen molar-refractivity contribution in [2.24, 2.45) is 5.92 Å². The standard InChI is InChI=1S/C21H26FN3O3S/c1-12(26)23-14-4-6-16(7-5-14)29-11-19-24-18-9-15(28-10-13-2-3-13)8-17(22)20(18)21(27)25-19/h8-9,13-14,16H,2-7,10-11H2,1H3,(H,23,26)(H,24,25,27). The second kappa shape index (κ2) is 8.73. The van der Waals surface area contributed by atoms with Crippen molar-refractivity contribution in [2.45, 2.75) is 62.5 Å². The molecule has 2 fully saturated rings. The van der Waals surface area contributed by atoms with Crippen molar-refractivity contribution in [3.63, 3.8) is 0 Å². The van der Waals surface area contributed by atoms with E-state index in [4.69, 9.17) is 4.74 Å². The summed E-state index contributed by atoms with van der Waals surface area (Å²) < 4.78 is 20.1. The van der Waals surface area contributed by atoms with Gasteiger partial charge < -0.3 is 15.0 Å². The predicted octanol–water partition coefficient (Wildman–Crippen LogP) is 3.53. The van der Waals surface area contributed by atoms with Gasteiger partial charge >= 0.3 is 0 Å². The number of ether oxygens (including phenoxy) is 1. The summed E-state index contributed by atoms with van der Waals surface area (Å²) in [5, 5.41) is 3.42. The Morgan fingerprint density at radius 2 is 2.03 bits per heavy atom. The zero-order valence-electron chi connectivity index (χ0n) is 16.5. The molecule has 29 heavy (non-hydrogen) atoms. The van der Waals surface area contributed by atoms with Crippen molar-refractivity contribution in [3.05, 3.63) is 34.1 Å². The first kappa shape index (κ1) is 20.2. The van der Waals surface area contributed by atoms with E-state index in [1.165, 1.54) is 6.07 Å². The van der Waals surface area contributed by atoms with E-state index in [0.29, 0.717) is 40.6 Å². The fourth-order valence-electron chi connectivity index (χ4n) is 3.76. The number of nitrogens with zero attached hydrogens (tertiary/aromatic N) is 1. The summed E-state index contributed by atoms with van der Waals surface area (Å²) in [6, 6.07) is 3.19. The third-order valence-electron chi connectivity index (χ3n) is 5.50. The Kier molecular flexibility index (Phi) is 6.08. The zero-order valence-corrected chi connectivity index (χ0v) is 17.3. The number of fused-ring (bicyclic) bond motifs is 1. The summed E-state index contributed by atoms with van der Waals surface area (Å²) >= 11 is 1.75. The van der Waals surface area contributed by atoms with Gasteiger partial charge in [-0.3, -0.25) is 9.59 Å². The molecule has 6 nitrogen and oxygen atoms in total. The smallest absolute Gasteiger partial charge is 0.261 e. The van der Waals surface area contributed by atoms with Crippen molar-refractivity contribution in [2.75, 3.05) is 6.61 Å². The first-order chi connectivity index (χ1) is 14.0. The van der Waals surface area contributed by atoms with E-state index >= 15 is 0 Å². The Morgan fingerprint density at radius 3 is 2.72 bits per heavy atom. The lowest BCUT2D eigenvalue weighted by Gasteiger charge is -2.28. The highest BCUT2D eigenvalue weighted by atomic mass is 32.2. The third kappa shape index (κ3) is 5.29. The average Bonchev–Trinajstić information content (AvgIpc) is 3.49. The molecular weight excluding hydrogens is 393 g/mol. The number of hydrogen-bond donors (Lipinski definition) is 2. The number of rotatable bonds is 7. The molecule has 0 unspecified atom stereocenters. The van der Waals surface area contributed by atoms with Crippen LogP contribution in [0.1, 0.15) is 51.3 Å². The van der Waals surface area contributed by atoms with Gasteiger partial charge in [0.2, 0.25) is 5.91 Å². The van der Waals surface area contributed by atoms with Gasteiger partial charge in [0.15, 0.2) is 0 Å². The molecule has 2 aromatic rings. The molecule has 0 saturated heterocycles. The summed E-state index contributed by atoms with van der Waals surface area (Å²) in [5.74, 6) is 1.53. The highest BCUT2D eigenvalue weighted by molar-refractivity contribution is 7.99. The van der Waals surface area contributed by atoms with Crippen LogP contribution >= 0.6 is 11.8 Å². The van der Waals surface area contributed by atoms with E-state index in [-0.39, 0.29) is 17.3 Å². The Morgan fingerprint density at radius 1 is 1.28 bits per heavy atom. The first-order valence-electron chi connectivity index (χ1n) is 10.2. The molecule has 0 spiro atoms. The molecule has 0 aliphatic heterocycles. The predicted molar refractivity (Wildman–Crippen MR) is 112 cm³/mol. The molecule has 156 valence electrons. The van der Waals surface area contributed by atoms with E-state index in [1.807, 2.05) is 0 Å². The molecule has 0 atom stereocenters. The number of aromatic amines is 1. The first-order valence-corrected chi connectivity index (χ1v) is 11.3. The molecule has 1 amide bonds. The second-order valence-electron chi connectivity index (χ2n) is 8.05. The number of amides is 1. The summed E-state index contributed by atoms with van der Waals surface area (Å²) in [6.07, 6.45) is 6.27. The highest BCUT2D eigenvalue weighted by Gasteiger charge is 2.23. The van der Waals surface area contributed by atoms with Crippen molar-refractivity contribution < 1.29 is 13.9 Å². The Labute approximate surface area is 173 Å². The molecule has 8 heteroatoms. The minimum Gasteiger partial charge on any atom is -0.493 e. The van der Waals surface area contributed by atoms with Crippen LogP contribution in [0, 0.1) is 11.7 Å². The lowest BCUT2D eigenvalue weighted by Crippen LogP contribution is -2.36. The number of thioether (sulfide) groups is 1. The highest BCUT2D eigenvalue weighted by Crippen LogP contribution is 2.32. The lowest BCUT2D eigenvalue weighted by molar-refractivity contribution is -0.119. The summed E-state index contributed by atoms with van der Waals surface area (Å²) in [5.41, 5.74) is -0.115. The number of hydrogen-bond acceptors (Lipinski definition) is 5. The van der Waals surface area contributed by atoms with Crippen LogP contribution in [-0.4, -0.2) is 33.8 Å². The van der Waals surface area contributed by atoms with Crippen molar-refractivity contribution in [3.8, 4) is 5.75 Å². The van der Waals surface area contributed by atoms with Crippen LogP contribution in [0.4, 0.5) is 4.39 Å². The van der Waals surface area contributed by atoms with Crippen molar-refractivity contribution in [1.82, 2.24) is 15.3 Å². The topological polar surface area (TPSA) is 84.1 Å². The molecule has 0 radical (unpaired) electrons. The monoisotopic (exact) mass is 419 g/mol. The van der Waals surface area contributed by atoms with Crippen LogP contribution in [0.25, 0.3) is 10.9 Å². The van der Waals surface area contributed by atoms with Crippen LogP contribution in [-0.2, 0) is 10.5 Å². The maximum atomic E-state index is 14.4. The van der Waals surface area contributed by atoms with Crippen LogP contribution in [0.5, 0.6) is 5.75 Å². The van der Waals surface area contributed by atoms with Gasteiger partial charge in [0, 0.05) is 30.3 Å². The van der Waals surface area contributed by atoms with Crippen LogP contribution in [0.3, 0.4) is 0 Å². The molecule has 2 aliphatic rings. The fraction of sp³-hybridized carbons (Fsp3) is 0.571. The van der Waals surface area contributed by atoms with Crippen LogP contribution in [0.15, 0.2) is 16.9 Å². The summed E-state index contributed by atoms with van der Waals surface area (Å²) in [4.78, 5) is 30.8. The fourth-order valence-corrected chi connectivity index (χ4v) is 4.89. The molecule has 2 aliphatic carbocycles. The number of aromatic nitrogens is 2. The summed E-state index contributed by atoms with van der Waals surface area (Å²) in [6.45, 7) is 2.13. The molecule has 2 N–H and O–H groups in total. The summed E-state index contributed by atoms with van der Waals surface area (Å²) in [7, 11) is 0. The van der Waals surface area contributed by atoms with E-state index < -0.39 is 11.4 Å². The van der Waals surface area contributed by atoms with Gasteiger partial charge in [0.25, 0.3) is 5.56 Å². The largest absolute Gasteiger partial charge is 0.493 e. The number of H-pyrrole nitrogens is 1. The molecule has 4 rings (SSSR count). The van der Waals surface area contributed by atoms with Gasteiger partial charge in [0.05, 0.1) is 17.9 Å².